The number of hydrogen-bond donors (Lipinski definition) is 1. The summed E-state index contributed by atoms with van der Waals surface area (Å²) in [5.74, 6) is 0. The lowest BCUT2D eigenvalue weighted by Crippen LogP contribution is -2.12. The fourth-order valence-corrected chi connectivity index (χ4v) is 2.98. The number of nitrogens with zero attached hydrogens (tertiary/aromatic N) is 1. The molecule has 2 rings (SSSR count). The summed E-state index contributed by atoms with van der Waals surface area (Å²) in [7, 11) is 0. The minimum atomic E-state index is 0.767. The summed E-state index contributed by atoms with van der Waals surface area (Å²) in [6, 6.07) is 5.94. The highest BCUT2D eigenvalue weighted by Crippen LogP contribution is 2.21. The summed E-state index contributed by atoms with van der Waals surface area (Å²) in [5.41, 5.74) is 1.11. The van der Waals surface area contributed by atoms with Crippen molar-refractivity contribution in [2.24, 2.45) is 0 Å². The second-order valence-electron chi connectivity index (χ2n) is 3.68. The third-order valence-electron chi connectivity index (χ3n) is 2.30. The van der Waals surface area contributed by atoms with Gasteiger partial charge in [0.1, 0.15) is 0 Å². The fraction of sp³-hybridized carbons (Fsp3) is 0.250. The number of aromatic nitrogens is 1. The van der Waals surface area contributed by atoms with Crippen molar-refractivity contribution >= 4 is 38.9 Å². The Morgan fingerprint density at radius 1 is 1.41 bits per heavy atom. The van der Waals surface area contributed by atoms with E-state index in [0.717, 1.165) is 33.2 Å². The highest BCUT2D eigenvalue weighted by Gasteiger charge is 2.02. The molecule has 0 fully saturated rings. The molecule has 0 radical (unpaired) electrons. The van der Waals surface area contributed by atoms with Crippen LogP contribution in [-0.2, 0) is 13.1 Å². The van der Waals surface area contributed by atoms with Crippen molar-refractivity contribution in [1.29, 1.82) is 0 Å². The van der Waals surface area contributed by atoms with E-state index in [2.05, 4.69) is 26.2 Å². The van der Waals surface area contributed by atoms with Gasteiger partial charge in [-0.1, -0.05) is 33.6 Å². The number of halogens is 2. The molecule has 0 bridgehead atoms. The smallest absolute Gasteiger partial charge is 0.0897 e. The quantitative estimate of drug-likeness (QED) is 0.910. The normalized spacial score (nSPS) is 10.8. The van der Waals surface area contributed by atoms with Gasteiger partial charge in [-0.05, 0) is 24.6 Å². The predicted molar refractivity (Wildman–Crippen MR) is 76.5 cm³/mol. The summed E-state index contributed by atoms with van der Waals surface area (Å²) in [6.45, 7) is 3.61. The maximum absolute atomic E-state index is 6.14. The van der Waals surface area contributed by atoms with Crippen LogP contribution >= 0.6 is 38.9 Å². The van der Waals surface area contributed by atoms with Crippen LogP contribution in [0.2, 0.25) is 5.02 Å². The number of nitrogens with one attached hydrogen (secondary N) is 1. The first-order valence-electron chi connectivity index (χ1n) is 5.21. The second-order valence-corrected chi connectivity index (χ2v) is 6.33. The summed E-state index contributed by atoms with van der Waals surface area (Å²) in [4.78, 5) is 5.46. The van der Waals surface area contributed by atoms with Crippen molar-refractivity contribution in [2.75, 3.05) is 0 Å². The number of benzene rings is 1. The number of hydrogen-bond acceptors (Lipinski definition) is 3. The molecule has 1 aromatic carbocycles. The van der Waals surface area contributed by atoms with Gasteiger partial charge in [-0.2, -0.15) is 0 Å². The van der Waals surface area contributed by atoms with Crippen LogP contribution in [-0.4, -0.2) is 4.98 Å². The number of thiazole rings is 1. The van der Waals surface area contributed by atoms with Gasteiger partial charge in [0, 0.05) is 33.7 Å². The predicted octanol–water partition coefficient (Wildman–Crippen LogP) is 4.16. The minimum Gasteiger partial charge on any atom is -0.308 e. The highest BCUT2D eigenvalue weighted by atomic mass is 79.9. The topological polar surface area (TPSA) is 24.9 Å². The maximum Gasteiger partial charge on any atom is 0.0897 e. The van der Waals surface area contributed by atoms with E-state index < -0.39 is 0 Å². The zero-order valence-corrected chi connectivity index (χ0v) is 12.5. The van der Waals surface area contributed by atoms with Crippen molar-refractivity contribution < 1.29 is 0 Å². The van der Waals surface area contributed by atoms with Crippen LogP contribution in [0.15, 0.2) is 28.9 Å². The van der Waals surface area contributed by atoms with Crippen molar-refractivity contribution in [3.8, 4) is 0 Å². The monoisotopic (exact) mass is 330 g/mol. The molecular weight excluding hydrogens is 320 g/mol. The molecule has 0 atom stereocenters. The minimum absolute atomic E-state index is 0.767. The van der Waals surface area contributed by atoms with E-state index in [1.807, 2.05) is 31.3 Å². The average molecular weight is 332 g/mol. The standard InChI is InChI=1S/C12H12BrClN2S/c1-8-16-7-11(17-8)6-15-5-9-2-3-10(13)4-12(9)14/h2-4,7,15H,5-6H2,1H3. The molecule has 0 saturated heterocycles. The van der Waals surface area contributed by atoms with E-state index in [-0.39, 0.29) is 0 Å². The van der Waals surface area contributed by atoms with Crippen molar-refractivity contribution in [3.63, 3.8) is 0 Å². The Morgan fingerprint density at radius 3 is 2.88 bits per heavy atom. The summed E-state index contributed by atoms with van der Waals surface area (Å²) < 4.78 is 1.00. The average Bonchev–Trinajstić information content (AvgIpc) is 2.68. The van der Waals surface area contributed by atoms with Gasteiger partial charge >= 0.3 is 0 Å². The van der Waals surface area contributed by atoms with Gasteiger partial charge in [0.25, 0.3) is 0 Å². The van der Waals surface area contributed by atoms with E-state index in [1.165, 1.54) is 4.88 Å². The molecule has 1 aromatic heterocycles. The number of aryl methyl sites for hydroxylation is 1. The molecule has 0 aliphatic heterocycles. The Balaban J connectivity index is 1.90. The van der Waals surface area contributed by atoms with Crippen molar-refractivity contribution in [3.05, 3.63) is 49.3 Å². The third-order valence-corrected chi connectivity index (χ3v) is 4.06. The lowest BCUT2D eigenvalue weighted by Gasteiger charge is -2.05. The largest absolute Gasteiger partial charge is 0.308 e. The molecule has 2 nitrogen and oxygen atoms in total. The van der Waals surface area contributed by atoms with Gasteiger partial charge in [-0.3, -0.25) is 0 Å². The first-order chi connectivity index (χ1) is 8.15. The molecule has 0 unspecified atom stereocenters. The Morgan fingerprint density at radius 2 is 2.24 bits per heavy atom. The zero-order chi connectivity index (χ0) is 12.3. The molecule has 2 aromatic rings. The van der Waals surface area contributed by atoms with Crippen LogP contribution in [0.25, 0.3) is 0 Å². The van der Waals surface area contributed by atoms with Crippen LogP contribution in [0, 0.1) is 6.92 Å². The second kappa shape index (κ2) is 5.96. The first-order valence-corrected chi connectivity index (χ1v) is 7.20. The van der Waals surface area contributed by atoms with Crippen molar-refractivity contribution in [2.45, 2.75) is 20.0 Å². The van der Waals surface area contributed by atoms with E-state index in [4.69, 9.17) is 11.6 Å². The lowest BCUT2D eigenvalue weighted by atomic mass is 10.2. The molecule has 5 heteroatoms. The van der Waals surface area contributed by atoms with Gasteiger partial charge in [0.2, 0.25) is 0 Å². The molecular formula is C12H12BrClN2S. The summed E-state index contributed by atoms with van der Waals surface area (Å²) in [6.07, 6.45) is 1.91. The molecule has 1 heterocycles. The van der Waals surface area contributed by atoms with E-state index in [1.54, 1.807) is 11.3 Å². The van der Waals surface area contributed by atoms with E-state index in [9.17, 15) is 0 Å². The molecule has 0 spiro atoms. The third kappa shape index (κ3) is 3.78. The zero-order valence-electron chi connectivity index (χ0n) is 9.34. The van der Waals surface area contributed by atoms with Gasteiger partial charge in [0.05, 0.1) is 5.01 Å². The van der Waals surface area contributed by atoms with Gasteiger partial charge < -0.3 is 5.32 Å². The Bertz CT molecular complexity index is 513. The van der Waals surface area contributed by atoms with Gasteiger partial charge in [-0.15, -0.1) is 11.3 Å². The van der Waals surface area contributed by atoms with Crippen LogP contribution in [0.4, 0.5) is 0 Å². The van der Waals surface area contributed by atoms with Crippen LogP contribution in [0.1, 0.15) is 15.4 Å². The molecule has 0 aliphatic rings. The van der Waals surface area contributed by atoms with Gasteiger partial charge in [0.15, 0.2) is 0 Å². The molecule has 0 saturated carbocycles. The first kappa shape index (κ1) is 13.0. The number of rotatable bonds is 4. The summed E-state index contributed by atoms with van der Waals surface area (Å²) in [5, 5.41) is 5.25. The highest BCUT2D eigenvalue weighted by molar-refractivity contribution is 9.10. The van der Waals surface area contributed by atoms with Crippen LogP contribution in [0.3, 0.4) is 0 Å². The van der Waals surface area contributed by atoms with Gasteiger partial charge in [-0.25, -0.2) is 4.98 Å². The lowest BCUT2D eigenvalue weighted by molar-refractivity contribution is 0.700. The molecule has 0 aliphatic carbocycles. The Hall–Kier alpha value is -0.420. The molecule has 17 heavy (non-hydrogen) atoms. The summed E-state index contributed by atoms with van der Waals surface area (Å²) >= 11 is 11.2. The maximum atomic E-state index is 6.14. The fourth-order valence-electron chi connectivity index (χ4n) is 1.47. The Labute approximate surface area is 118 Å². The van der Waals surface area contributed by atoms with E-state index in [0.29, 0.717) is 0 Å². The van der Waals surface area contributed by atoms with Crippen LogP contribution in [0.5, 0.6) is 0 Å². The van der Waals surface area contributed by atoms with E-state index >= 15 is 0 Å². The SMILES string of the molecule is Cc1ncc(CNCc2ccc(Br)cc2Cl)s1. The van der Waals surface area contributed by atoms with Crippen molar-refractivity contribution in [1.82, 2.24) is 10.3 Å². The Kier molecular flexibility index (Phi) is 4.56. The molecule has 90 valence electrons. The molecule has 0 amide bonds. The molecule has 1 N–H and O–H groups in total. The van der Waals surface area contributed by atoms with Crippen LogP contribution < -0.4 is 5.32 Å².